The third-order valence-electron chi connectivity index (χ3n) is 3.50. The summed E-state index contributed by atoms with van der Waals surface area (Å²) in [6.45, 7) is 6.24. The zero-order chi connectivity index (χ0) is 16.1. The molecule has 0 aliphatic rings. The summed E-state index contributed by atoms with van der Waals surface area (Å²) >= 11 is 6.20. The fourth-order valence-corrected chi connectivity index (χ4v) is 2.88. The molecule has 0 bridgehead atoms. The number of halogens is 1. The van der Waals surface area contributed by atoms with Gasteiger partial charge in [0, 0.05) is 11.8 Å². The molecule has 3 nitrogen and oxygen atoms in total. The molecule has 0 radical (unpaired) electrons. The van der Waals surface area contributed by atoms with Crippen LogP contribution in [0.3, 0.4) is 0 Å². The second-order valence-corrected chi connectivity index (χ2v) is 5.49. The Bertz CT molecular complexity index is 766. The van der Waals surface area contributed by atoms with E-state index in [1.165, 1.54) is 5.69 Å². The number of carbonyl (C=O) groups is 1. The minimum absolute atomic E-state index is 0.754. The molecule has 0 amide bonds. The van der Waals surface area contributed by atoms with E-state index in [1.54, 1.807) is 0 Å². The maximum absolute atomic E-state index is 8.00. The SMILES string of the molecule is C=O.CCCc1c(-c2ccccc2)nc2c(C)cc(Cl)cn12. The largest absolute Gasteiger partial charge is 0.307 e. The van der Waals surface area contributed by atoms with Crippen molar-refractivity contribution >= 4 is 24.0 Å². The number of aromatic nitrogens is 2. The van der Waals surface area contributed by atoms with Crippen molar-refractivity contribution in [2.45, 2.75) is 26.7 Å². The number of fused-ring (bicyclic) bond motifs is 1. The molecule has 4 heteroatoms. The highest BCUT2D eigenvalue weighted by Crippen LogP contribution is 2.28. The van der Waals surface area contributed by atoms with Gasteiger partial charge < -0.3 is 9.20 Å². The summed E-state index contributed by atoms with van der Waals surface area (Å²) in [6.07, 6.45) is 4.04. The summed E-state index contributed by atoms with van der Waals surface area (Å²) in [4.78, 5) is 12.8. The predicted molar refractivity (Wildman–Crippen MR) is 91.5 cm³/mol. The lowest BCUT2D eigenvalue weighted by Crippen LogP contribution is -1.95. The minimum atomic E-state index is 0.754. The second kappa shape index (κ2) is 7.23. The van der Waals surface area contributed by atoms with Crippen molar-refractivity contribution in [2.75, 3.05) is 0 Å². The summed E-state index contributed by atoms with van der Waals surface area (Å²) in [5.41, 5.74) is 5.57. The minimum Gasteiger partial charge on any atom is -0.307 e. The van der Waals surface area contributed by atoms with Gasteiger partial charge in [-0.1, -0.05) is 55.3 Å². The molecule has 0 atom stereocenters. The summed E-state index contributed by atoms with van der Waals surface area (Å²) in [7, 11) is 0. The van der Waals surface area contributed by atoms with Crippen LogP contribution >= 0.6 is 11.6 Å². The van der Waals surface area contributed by atoms with E-state index >= 15 is 0 Å². The molecule has 0 aliphatic carbocycles. The van der Waals surface area contributed by atoms with Gasteiger partial charge in [0.25, 0.3) is 0 Å². The van der Waals surface area contributed by atoms with Crippen LogP contribution in [0.5, 0.6) is 0 Å². The van der Waals surface area contributed by atoms with Crippen LogP contribution in [0.25, 0.3) is 16.9 Å². The molecule has 114 valence electrons. The fourth-order valence-electron chi connectivity index (χ4n) is 2.62. The average Bonchev–Trinajstić information content (AvgIpc) is 2.90. The van der Waals surface area contributed by atoms with E-state index in [0.717, 1.165) is 40.3 Å². The van der Waals surface area contributed by atoms with Crippen LogP contribution in [0.4, 0.5) is 0 Å². The van der Waals surface area contributed by atoms with Gasteiger partial charge in [-0.15, -0.1) is 0 Å². The first-order valence-electron chi connectivity index (χ1n) is 7.22. The van der Waals surface area contributed by atoms with E-state index in [-0.39, 0.29) is 0 Å². The Morgan fingerprint density at radius 1 is 1.23 bits per heavy atom. The molecular formula is C18H19ClN2O. The van der Waals surface area contributed by atoms with Crippen LogP contribution in [-0.2, 0) is 11.2 Å². The normalized spacial score (nSPS) is 10.3. The number of hydrogen-bond acceptors (Lipinski definition) is 2. The zero-order valence-electron chi connectivity index (χ0n) is 12.8. The van der Waals surface area contributed by atoms with Crippen molar-refractivity contribution in [1.82, 2.24) is 9.38 Å². The van der Waals surface area contributed by atoms with E-state index in [1.807, 2.05) is 25.1 Å². The number of imidazole rings is 1. The van der Waals surface area contributed by atoms with E-state index in [0.29, 0.717) is 0 Å². The molecule has 0 saturated heterocycles. The van der Waals surface area contributed by atoms with Gasteiger partial charge in [-0.25, -0.2) is 4.98 Å². The highest BCUT2D eigenvalue weighted by atomic mass is 35.5. The van der Waals surface area contributed by atoms with E-state index in [4.69, 9.17) is 21.4 Å². The van der Waals surface area contributed by atoms with Crippen molar-refractivity contribution < 1.29 is 4.79 Å². The third-order valence-corrected chi connectivity index (χ3v) is 3.71. The Morgan fingerprint density at radius 2 is 1.91 bits per heavy atom. The summed E-state index contributed by atoms with van der Waals surface area (Å²) in [5, 5.41) is 0.754. The van der Waals surface area contributed by atoms with Crippen molar-refractivity contribution in [3.63, 3.8) is 0 Å². The first kappa shape index (κ1) is 16.2. The van der Waals surface area contributed by atoms with Crippen LogP contribution < -0.4 is 0 Å². The number of carbonyl (C=O) groups excluding carboxylic acids is 1. The monoisotopic (exact) mass is 314 g/mol. The smallest absolute Gasteiger partial charge is 0.140 e. The fraction of sp³-hybridized carbons (Fsp3) is 0.222. The van der Waals surface area contributed by atoms with Crippen molar-refractivity contribution in [3.05, 3.63) is 58.9 Å². The molecule has 0 unspecified atom stereocenters. The van der Waals surface area contributed by atoms with Gasteiger partial charge >= 0.3 is 0 Å². The Labute approximate surface area is 135 Å². The van der Waals surface area contributed by atoms with Gasteiger partial charge in [0.1, 0.15) is 12.4 Å². The predicted octanol–water partition coefficient (Wildman–Crippen LogP) is 4.73. The molecule has 1 aromatic carbocycles. The van der Waals surface area contributed by atoms with Gasteiger partial charge in [-0.3, -0.25) is 0 Å². The Hall–Kier alpha value is -2.13. The maximum Gasteiger partial charge on any atom is 0.140 e. The number of hydrogen-bond donors (Lipinski definition) is 0. The maximum atomic E-state index is 8.00. The molecule has 0 saturated carbocycles. The Kier molecular flexibility index (Phi) is 5.34. The lowest BCUT2D eigenvalue weighted by Gasteiger charge is -2.05. The van der Waals surface area contributed by atoms with Gasteiger partial charge in [0.05, 0.1) is 16.4 Å². The Morgan fingerprint density at radius 3 is 2.55 bits per heavy atom. The van der Waals surface area contributed by atoms with Crippen LogP contribution in [0, 0.1) is 6.92 Å². The van der Waals surface area contributed by atoms with Gasteiger partial charge in [-0.05, 0) is 25.0 Å². The molecule has 0 spiro atoms. The average molecular weight is 315 g/mol. The van der Waals surface area contributed by atoms with Crippen LogP contribution in [-0.4, -0.2) is 16.2 Å². The number of aryl methyl sites for hydroxylation is 2. The van der Waals surface area contributed by atoms with Crippen molar-refractivity contribution in [2.24, 2.45) is 0 Å². The van der Waals surface area contributed by atoms with Crippen LogP contribution in [0.15, 0.2) is 42.6 Å². The number of benzene rings is 1. The number of nitrogens with zero attached hydrogens (tertiary/aromatic N) is 2. The summed E-state index contributed by atoms with van der Waals surface area (Å²) < 4.78 is 2.14. The molecular weight excluding hydrogens is 296 g/mol. The summed E-state index contributed by atoms with van der Waals surface area (Å²) in [5.74, 6) is 0. The third kappa shape index (κ3) is 3.04. The highest BCUT2D eigenvalue weighted by molar-refractivity contribution is 6.30. The van der Waals surface area contributed by atoms with Crippen molar-refractivity contribution in [1.29, 1.82) is 0 Å². The molecule has 3 rings (SSSR count). The van der Waals surface area contributed by atoms with Gasteiger partial charge in [0.15, 0.2) is 0 Å². The van der Waals surface area contributed by atoms with Crippen LogP contribution in [0.1, 0.15) is 24.6 Å². The molecule has 2 aromatic heterocycles. The molecule has 3 aromatic rings. The Balaban J connectivity index is 0.000000847. The molecule has 0 aliphatic heterocycles. The molecule has 0 fully saturated rings. The second-order valence-electron chi connectivity index (χ2n) is 5.06. The first-order chi connectivity index (χ1) is 10.7. The summed E-state index contributed by atoms with van der Waals surface area (Å²) in [6, 6.07) is 12.3. The lowest BCUT2D eigenvalue weighted by atomic mass is 10.1. The van der Waals surface area contributed by atoms with Crippen molar-refractivity contribution in [3.8, 4) is 11.3 Å². The molecule has 22 heavy (non-hydrogen) atoms. The quantitative estimate of drug-likeness (QED) is 0.700. The van der Waals surface area contributed by atoms with Crippen LogP contribution in [0.2, 0.25) is 5.02 Å². The van der Waals surface area contributed by atoms with Gasteiger partial charge in [-0.2, -0.15) is 0 Å². The molecule has 0 N–H and O–H groups in total. The molecule has 2 heterocycles. The zero-order valence-corrected chi connectivity index (χ0v) is 13.6. The van der Waals surface area contributed by atoms with Gasteiger partial charge in [0.2, 0.25) is 0 Å². The van der Waals surface area contributed by atoms with E-state index in [9.17, 15) is 0 Å². The van der Waals surface area contributed by atoms with E-state index < -0.39 is 0 Å². The first-order valence-corrected chi connectivity index (χ1v) is 7.60. The van der Waals surface area contributed by atoms with E-state index in [2.05, 4.69) is 42.5 Å². The number of pyridine rings is 1. The highest BCUT2D eigenvalue weighted by Gasteiger charge is 2.14. The standard InChI is InChI=1S/C17H17ClN2.CH2O/c1-3-7-15-16(13-8-5-4-6-9-13)19-17-12(2)10-14(18)11-20(15)17;1-2/h4-6,8-11H,3,7H2,1-2H3;1H2. The topological polar surface area (TPSA) is 34.4 Å². The lowest BCUT2D eigenvalue weighted by molar-refractivity contribution is -0.0979. The number of rotatable bonds is 3.